The Balaban J connectivity index is 2.43. The second-order valence-corrected chi connectivity index (χ2v) is 4.50. The highest BCUT2D eigenvalue weighted by Crippen LogP contribution is 2.28. The van der Waals surface area contributed by atoms with E-state index in [0.717, 1.165) is 16.7 Å². The topological polar surface area (TPSA) is 104 Å². The van der Waals surface area contributed by atoms with E-state index >= 15 is 0 Å². The number of hydrogen-bond donors (Lipinski definition) is 4. The van der Waals surface area contributed by atoms with E-state index in [-0.39, 0.29) is 0 Å². The molecular weight excluding hydrogens is 224 g/mol. The predicted molar refractivity (Wildman–Crippen MR) is 78.1 cm³/mol. The molecule has 0 aliphatic heterocycles. The summed E-state index contributed by atoms with van der Waals surface area (Å²) in [7, 11) is 0. The van der Waals surface area contributed by atoms with Gasteiger partial charge >= 0.3 is 0 Å². The average Bonchev–Trinajstić information content (AvgIpc) is 2.32. The molecule has 0 saturated heterocycles. The van der Waals surface area contributed by atoms with Crippen LogP contribution in [0.4, 0.5) is 22.7 Å². The van der Waals surface area contributed by atoms with Crippen LogP contribution in [0.2, 0.25) is 0 Å². The number of nitrogens with two attached hydrogens (primary N) is 4. The molecule has 2 rings (SSSR count). The quantitative estimate of drug-likeness (QED) is 0.604. The van der Waals surface area contributed by atoms with Crippen LogP contribution in [0, 0.1) is 6.92 Å². The lowest BCUT2D eigenvalue weighted by Gasteiger charge is -2.13. The van der Waals surface area contributed by atoms with Crippen LogP contribution in [0.5, 0.6) is 0 Å². The van der Waals surface area contributed by atoms with Gasteiger partial charge in [0, 0.05) is 17.8 Å². The molecule has 0 amide bonds. The van der Waals surface area contributed by atoms with E-state index < -0.39 is 0 Å². The van der Waals surface area contributed by atoms with E-state index in [1.165, 1.54) is 0 Å². The van der Waals surface area contributed by atoms with Crippen molar-refractivity contribution in [1.29, 1.82) is 0 Å². The molecule has 0 unspecified atom stereocenters. The van der Waals surface area contributed by atoms with Crippen LogP contribution in [0.1, 0.15) is 16.7 Å². The molecule has 0 saturated carbocycles. The van der Waals surface area contributed by atoms with Crippen molar-refractivity contribution in [2.75, 3.05) is 22.9 Å². The highest BCUT2D eigenvalue weighted by atomic mass is 14.7. The molecule has 0 aliphatic carbocycles. The Kier molecular flexibility index (Phi) is 3.02. The van der Waals surface area contributed by atoms with Gasteiger partial charge in [0.25, 0.3) is 0 Å². The van der Waals surface area contributed by atoms with Gasteiger partial charge in [-0.1, -0.05) is 12.1 Å². The predicted octanol–water partition coefficient (Wildman–Crippen LogP) is 1.91. The van der Waals surface area contributed by atoms with Gasteiger partial charge < -0.3 is 22.9 Å². The molecule has 2 aromatic carbocycles. The van der Waals surface area contributed by atoms with Crippen LogP contribution < -0.4 is 22.9 Å². The number of nitrogen functional groups attached to an aromatic ring is 4. The summed E-state index contributed by atoms with van der Waals surface area (Å²) in [6.45, 7) is 2.01. The number of hydrogen-bond acceptors (Lipinski definition) is 4. The molecule has 0 bridgehead atoms. The van der Waals surface area contributed by atoms with E-state index in [1.54, 1.807) is 6.07 Å². The number of anilines is 4. The smallest absolute Gasteiger partial charge is 0.0586 e. The summed E-state index contributed by atoms with van der Waals surface area (Å²) in [5, 5.41) is 0. The molecule has 0 heterocycles. The standard InChI is InChI=1S/C14H18N4/c1-8-2-5-12(16)14(18)11(8)6-9-3-4-10(15)7-13(9)17/h2-5,7H,6,15-18H2,1H3. The van der Waals surface area contributed by atoms with Gasteiger partial charge in [-0.2, -0.15) is 0 Å². The van der Waals surface area contributed by atoms with Gasteiger partial charge in [-0.15, -0.1) is 0 Å². The molecule has 8 N–H and O–H groups in total. The van der Waals surface area contributed by atoms with E-state index in [0.29, 0.717) is 29.2 Å². The van der Waals surface area contributed by atoms with Crippen molar-refractivity contribution in [3.8, 4) is 0 Å². The Hall–Kier alpha value is -2.36. The molecule has 0 aliphatic rings. The Bertz CT molecular complexity index is 591. The minimum atomic E-state index is 0.601. The van der Waals surface area contributed by atoms with Crippen molar-refractivity contribution >= 4 is 22.7 Å². The van der Waals surface area contributed by atoms with Crippen LogP contribution in [-0.2, 0) is 6.42 Å². The minimum absolute atomic E-state index is 0.601. The molecule has 0 aromatic heterocycles. The average molecular weight is 242 g/mol. The summed E-state index contributed by atoms with van der Waals surface area (Å²) in [6.07, 6.45) is 0.662. The maximum atomic E-state index is 6.02. The second kappa shape index (κ2) is 4.49. The van der Waals surface area contributed by atoms with Gasteiger partial charge in [0.05, 0.1) is 11.4 Å². The molecular formula is C14H18N4. The zero-order valence-electron chi connectivity index (χ0n) is 10.4. The van der Waals surface area contributed by atoms with Gasteiger partial charge in [-0.3, -0.25) is 0 Å². The number of aryl methyl sites for hydroxylation is 1. The second-order valence-electron chi connectivity index (χ2n) is 4.50. The zero-order chi connectivity index (χ0) is 13.3. The van der Waals surface area contributed by atoms with E-state index in [4.69, 9.17) is 22.9 Å². The van der Waals surface area contributed by atoms with Gasteiger partial charge in [0.2, 0.25) is 0 Å². The van der Waals surface area contributed by atoms with Gasteiger partial charge in [0.1, 0.15) is 0 Å². The molecule has 0 fully saturated rings. The molecule has 4 nitrogen and oxygen atoms in total. The van der Waals surface area contributed by atoms with Crippen LogP contribution in [0.15, 0.2) is 30.3 Å². The van der Waals surface area contributed by atoms with Crippen LogP contribution in [-0.4, -0.2) is 0 Å². The first-order chi connectivity index (χ1) is 8.49. The fourth-order valence-corrected chi connectivity index (χ4v) is 1.99. The van der Waals surface area contributed by atoms with Crippen molar-refractivity contribution in [3.05, 3.63) is 47.0 Å². The zero-order valence-corrected chi connectivity index (χ0v) is 10.4. The third-order valence-electron chi connectivity index (χ3n) is 3.16. The van der Waals surface area contributed by atoms with E-state index in [9.17, 15) is 0 Å². The molecule has 0 atom stereocenters. The Morgan fingerprint density at radius 2 is 1.61 bits per heavy atom. The number of benzene rings is 2. The normalized spacial score (nSPS) is 10.5. The largest absolute Gasteiger partial charge is 0.399 e. The van der Waals surface area contributed by atoms with Crippen molar-refractivity contribution in [3.63, 3.8) is 0 Å². The Morgan fingerprint density at radius 3 is 2.28 bits per heavy atom. The summed E-state index contributed by atoms with van der Waals surface area (Å²) in [4.78, 5) is 0. The van der Waals surface area contributed by atoms with Gasteiger partial charge in [-0.05, 0) is 41.8 Å². The first-order valence-electron chi connectivity index (χ1n) is 5.76. The summed E-state index contributed by atoms with van der Waals surface area (Å²) in [5.74, 6) is 0. The molecule has 18 heavy (non-hydrogen) atoms. The molecule has 0 spiro atoms. The summed E-state index contributed by atoms with van der Waals surface area (Å²) < 4.78 is 0. The summed E-state index contributed by atoms with van der Waals surface area (Å²) in [5.41, 5.74) is 29.2. The van der Waals surface area contributed by atoms with Crippen molar-refractivity contribution in [2.45, 2.75) is 13.3 Å². The van der Waals surface area contributed by atoms with Crippen LogP contribution in [0.25, 0.3) is 0 Å². The lowest BCUT2D eigenvalue weighted by atomic mass is 9.97. The maximum absolute atomic E-state index is 6.02. The Morgan fingerprint density at radius 1 is 0.889 bits per heavy atom. The van der Waals surface area contributed by atoms with Crippen LogP contribution in [0.3, 0.4) is 0 Å². The Labute approximate surface area is 107 Å². The molecule has 2 aromatic rings. The minimum Gasteiger partial charge on any atom is -0.399 e. The highest BCUT2D eigenvalue weighted by molar-refractivity contribution is 5.70. The highest BCUT2D eigenvalue weighted by Gasteiger charge is 2.09. The molecule has 0 radical (unpaired) electrons. The number of rotatable bonds is 2. The van der Waals surface area contributed by atoms with E-state index in [1.807, 2.05) is 31.2 Å². The van der Waals surface area contributed by atoms with Crippen molar-refractivity contribution in [1.82, 2.24) is 0 Å². The van der Waals surface area contributed by atoms with Crippen LogP contribution >= 0.6 is 0 Å². The molecule has 94 valence electrons. The van der Waals surface area contributed by atoms with Crippen molar-refractivity contribution < 1.29 is 0 Å². The molecule has 4 heteroatoms. The van der Waals surface area contributed by atoms with Gasteiger partial charge in [0.15, 0.2) is 0 Å². The first-order valence-corrected chi connectivity index (χ1v) is 5.76. The summed E-state index contributed by atoms with van der Waals surface area (Å²) >= 11 is 0. The van der Waals surface area contributed by atoms with Gasteiger partial charge in [-0.25, -0.2) is 0 Å². The fraction of sp³-hybridized carbons (Fsp3) is 0.143. The first kappa shape index (κ1) is 12.1. The maximum Gasteiger partial charge on any atom is 0.0586 e. The third kappa shape index (κ3) is 2.18. The lowest BCUT2D eigenvalue weighted by Crippen LogP contribution is -2.04. The third-order valence-corrected chi connectivity index (χ3v) is 3.16. The monoisotopic (exact) mass is 242 g/mol. The lowest BCUT2D eigenvalue weighted by molar-refractivity contribution is 1.17. The van der Waals surface area contributed by atoms with Crippen molar-refractivity contribution in [2.24, 2.45) is 0 Å². The van der Waals surface area contributed by atoms with E-state index in [2.05, 4.69) is 0 Å². The SMILES string of the molecule is Cc1ccc(N)c(N)c1Cc1ccc(N)cc1N. The summed E-state index contributed by atoms with van der Waals surface area (Å²) in [6, 6.07) is 9.30. The fourth-order valence-electron chi connectivity index (χ4n) is 1.99.